The zero-order chi connectivity index (χ0) is 26.1. The molecule has 2 saturated heterocycles. The van der Waals surface area contributed by atoms with Gasteiger partial charge in [0.2, 0.25) is 5.91 Å². The smallest absolute Gasteiger partial charge is 0.318 e. The van der Waals surface area contributed by atoms with Crippen LogP contribution in [0.15, 0.2) is 30.9 Å². The lowest BCUT2D eigenvalue weighted by Crippen LogP contribution is -2.54. The lowest BCUT2D eigenvalue weighted by atomic mass is 10.1. The number of carbonyl (C=O) groups excluding carboxylic acids is 1. The molecule has 198 valence electrons. The molecule has 3 aliphatic rings. The quantitative estimate of drug-likeness (QED) is 0.529. The first-order valence-corrected chi connectivity index (χ1v) is 12.9. The molecule has 8 nitrogen and oxygen atoms in total. The van der Waals surface area contributed by atoms with Crippen LogP contribution in [0.25, 0.3) is 0 Å². The average molecular weight is 513 g/mol. The summed E-state index contributed by atoms with van der Waals surface area (Å²) in [5.41, 5.74) is 1.81. The summed E-state index contributed by atoms with van der Waals surface area (Å²) in [6.07, 6.45) is 3.57. The molecule has 37 heavy (non-hydrogen) atoms. The van der Waals surface area contributed by atoms with Crippen molar-refractivity contribution < 1.29 is 18.3 Å². The average Bonchev–Trinajstić information content (AvgIpc) is 3.49. The fourth-order valence-electron chi connectivity index (χ4n) is 5.56. The molecule has 0 unspecified atom stereocenters. The van der Waals surface area contributed by atoms with E-state index in [9.17, 15) is 13.6 Å². The van der Waals surface area contributed by atoms with Crippen molar-refractivity contribution in [1.82, 2.24) is 24.7 Å². The number of likely N-dealkylation sites (tertiary alicyclic amines) is 1. The lowest BCUT2D eigenvalue weighted by molar-refractivity contribution is -0.126. The minimum atomic E-state index is -0.552. The second kappa shape index (κ2) is 10.7. The molecule has 5 rings (SSSR count). The molecular weight excluding hydrogens is 478 g/mol. The maximum absolute atomic E-state index is 14.4. The molecule has 0 bridgehead atoms. The number of anilines is 1. The number of piperazine rings is 1. The molecule has 3 aliphatic heterocycles. The van der Waals surface area contributed by atoms with Crippen LogP contribution in [0.1, 0.15) is 36.6 Å². The number of ether oxygens (including phenoxy) is 1. The molecule has 1 aromatic carbocycles. The maximum atomic E-state index is 14.4. The zero-order valence-electron chi connectivity index (χ0n) is 21.5. The molecule has 2 fully saturated rings. The predicted molar refractivity (Wildman–Crippen MR) is 136 cm³/mol. The minimum absolute atomic E-state index is 0.0172. The van der Waals surface area contributed by atoms with Crippen molar-refractivity contribution in [2.45, 2.75) is 51.5 Å². The first kappa shape index (κ1) is 25.5. The van der Waals surface area contributed by atoms with Crippen LogP contribution in [-0.2, 0) is 24.4 Å². The topological polar surface area (TPSA) is 65.0 Å². The molecule has 1 amide bonds. The Labute approximate surface area is 216 Å². The van der Waals surface area contributed by atoms with Gasteiger partial charge in [-0.1, -0.05) is 12.6 Å². The summed E-state index contributed by atoms with van der Waals surface area (Å²) in [6.45, 7) is 10.0. The van der Waals surface area contributed by atoms with Crippen LogP contribution in [0.5, 0.6) is 6.01 Å². The van der Waals surface area contributed by atoms with Gasteiger partial charge in [0.1, 0.15) is 24.1 Å². The van der Waals surface area contributed by atoms with Gasteiger partial charge >= 0.3 is 6.01 Å². The minimum Gasteiger partial charge on any atom is -0.462 e. The molecule has 0 saturated carbocycles. The van der Waals surface area contributed by atoms with Crippen molar-refractivity contribution in [1.29, 1.82) is 0 Å². The van der Waals surface area contributed by atoms with Gasteiger partial charge < -0.3 is 19.4 Å². The number of benzene rings is 1. The molecule has 2 aromatic rings. The first-order chi connectivity index (χ1) is 17.8. The summed E-state index contributed by atoms with van der Waals surface area (Å²) in [6, 6.07) is 4.61. The number of hydrogen-bond donors (Lipinski definition) is 0. The third-order valence-electron chi connectivity index (χ3n) is 7.71. The normalized spacial score (nSPS) is 22.4. The third kappa shape index (κ3) is 5.31. The van der Waals surface area contributed by atoms with Crippen LogP contribution in [0.4, 0.5) is 14.6 Å². The molecule has 1 aromatic heterocycles. The number of rotatable bonds is 7. The van der Waals surface area contributed by atoms with Gasteiger partial charge in [-0.25, -0.2) is 8.78 Å². The second-order valence-corrected chi connectivity index (χ2v) is 10.2. The van der Waals surface area contributed by atoms with Crippen molar-refractivity contribution in [2.75, 3.05) is 44.7 Å². The highest BCUT2D eigenvalue weighted by molar-refractivity contribution is 5.87. The number of fused-ring (bicyclic) bond motifs is 1. The van der Waals surface area contributed by atoms with Crippen molar-refractivity contribution in [3.63, 3.8) is 0 Å². The van der Waals surface area contributed by atoms with Gasteiger partial charge in [0.05, 0.1) is 5.69 Å². The van der Waals surface area contributed by atoms with E-state index < -0.39 is 11.6 Å². The lowest BCUT2D eigenvalue weighted by Gasteiger charge is -2.40. The van der Waals surface area contributed by atoms with Gasteiger partial charge in [-0.15, -0.1) is 0 Å². The summed E-state index contributed by atoms with van der Waals surface area (Å²) in [5, 5.41) is 0. The van der Waals surface area contributed by atoms with Crippen LogP contribution in [-0.4, -0.2) is 82.5 Å². The molecule has 10 heteroatoms. The van der Waals surface area contributed by atoms with Crippen molar-refractivity contribution in [2.24, 2.45) is 0 Å². The summed E-state index contributed by atoms with van der Waals surface area (Å²) in [7, 11) is 2.10. The standard InChI is InChI=1S/C27H34F2N6O2/c1-4-25(36)34-11-12-35(18(2)13-34)26-21-15-33(14-20-22(28)8-5-9-23(20)29)16-24(21)30-27(31-26)37-17-19-7-6-10-32(19)3/h4-5,8-9,18-19H,1,6-7,10-17H2,2-3H3/t18-,19-/m0/s1. The molecule has 2 atom stereocenters. The molecular formula is C27H34F2N6O2. The van der Waals surface area contributed by atoms with Gasteiger partial charge in [-0.3, -0.25) is 9.69 Å². The summed E-state index contributed by atoms with van der Waals surface area (Å²) in [4.78, 5) is 30.0. The highest BCUT2D eigenvalue weighted by atomic mass is 19.1. The van der Waals surface area contributed by atoms with E-state index in [1.165, 1.54) is 24.3 Å². The molecule has 0 spiro atoms. The van der Waals surface area contributed by atoms with Crippen LogP contribution in [0, 0.1) is 11.6 Å². The van der Waals surface area contributed by atoms with Gasteiger partial charge in [0.15, 0.2) is 0 Å². The zero-order valence-corrected chi connectivity index (χ0v) is 21.5. The Morgan fingerprint density at radius 2 is 1.97 bits per heavy atom. The van der Waals surface area contributed by atoms with E-state index in [2.05, 4.69) is 30.4 Å². The van der Waals surface area contributed by atoms with Crippen LogP contribution < -0.4 is 9.64 Å². The van der Waals surface area contributed by atoms with E-state index in [1.807, 2.05) is 4.90 Å². The fraction of sp³-hybridized carbons (Fsp3) is 0.519. The SMILES string of the molecule is C=CC(=O)N1CCN(c2nc(OC[C@@H]3CCCN3C)nc3c2CN(Cc2c(F)cccc2F)C3)[C@@H](C)C1. The Bertz CT molecular complexity index is 1160. The fourth-order valence-corrected chi connectivity index (χ4v) is 5.56. The van der Waals surface area contributed by atoms with Crippen molar-refractivity contribution in [3.05, 3.63) is 59.3 Å². The van der Waals surface area contributed by atoms with Gasteiger partial charge in [0, 0.05) is 62.5 Å². The molecule has 4 heterocycles. The number of aromatic nitrogens is 2. The van der Waals surface area contributed by atoms with Crippen LogP contribution in [0.2, 0.25) is 0 Å². The van der Waals surface area contributed by atoms with E-state index in [-0.39, 0.29) is 24.1 Å². The Hall–Kier alpha value is -3.11. The monoisotopic (exact) mass is 512 g/mol. The van der Waals surface area contributed by atoms with Gasteiger partial charge in [-0.2, -0.15) is 9.97 Å². The van der Waals surface area contributed by atoms with E-state index in [0.717, 1.165) is 36.5 Å². The van der Waals surface area contributed by atoms with Crippen LogP contribution in [0.3, 0.4) is 0 Å². The Morgan fingerprint density at radius 3 is 2.65 bits per heavy atom. The molecule has 0 aliphatic carbocycles. The predicted octanol–water partition coefficient (Wildman–Crippen LogP) is 2.97. The van der Waals surface area contributed by atoms with Gasteiger partial charge in [0.25, 0.3) is 0 Å². The summed E-state index contributed by atoms with van der Waals surface area (Å²) < 4.78 is 34.8. The Morgan fingerprint density at radius 1 is 1.19 bits per heavy atom. The second-order valence-electron chi connectivity index (χ2n) is 10.2. The number of carbonyl (C=O) groups is 1. The highest BCUT2D eigenvalue weighted by Crippen LogP contribution is 2.34. The third-order valence-corrected chi connectivity index (χ3v) is 7.71. The number of likely N-dealkylation sites (N-methyl/N-ethyl adjacent to an activating group) is 1. The first-order valence-electron chi connectivity index (χ1n) is 12.9. The van der Waals surface area contributed by atoms with Crippen molar-refractivity contribution in [3.8, 4) is 6.01 Å². The number of hydrogen-bond acceptors (Lipinski definition) is 7. The van der Waals surface area contributed by atoms with E-state index in [1.54, 1.807) is 4.90 Å². The van der Waals surface area contributed by atoms with E-state index in [4.69, 9.17) is 14.7 Å². The number of halogens is 2. The molecule has 0 N–H and O–H groups in total. The molecule has 0 radical (unpaired) electrons. The van der Waals surface area contributed by atoms with E-state index >= 15 is 0 Å². The van der Waals surface area contributed by atoms with Crippen LogP contribution >= 0.6 is 0 Å². The number of amides is 1. The van der Waals surface area contributed by atoms with E-state index in [0.29, 0.717) is 51.4 Å². The Balaban J connectivity index is 1.40. The Kier molecular flexibility index (Phi) is 7.39. The summed E-state index contributed by atoms with van der Waals surface area (Å²) >= 11 is 0. The van der Waals surface area contributed by atoms with Crippen molar-refractivity contribution >= 4 is 11.7 Å². The number of nitrogens with zero attached hydrogens (tertiary/aromatic N) is 6. The maximum Gasteiger partial charge on any atom is 0.318 e. The largest absolute Gasteiger partial charge is 0.462 e. The highest BCUT2D eigenvalue weighted by Gasteiger charge is 2.34. The summed E-state index contributed by atoms with van der Waals surface area (Å²) in [5.74, 6) is -0.413. The van der Waals surface area contributed by atoms with Gasteiger partial charge in [-0.05, 0) is 51.6 Å².